The highest BCUT2D eigenvalue weighted by molar-refractivity contribution is 7.10. The van der Waals surface area contributed by atoms with Crippen molar-refractivity contribution < 1.29 is 17.9 Å². The van der Waals surface area contributed by atoms with Gasteiger partial charge in [0, 0.05) is 11.4 Å². The molecular weight excluding hydrogens is 305 g/mol. The zero-order valence-corrected chi connectivity index (χ0v) is 11.1. The number of nitrogens with zero attached hydrogens (tertiary/aromatic N) is 4. The van der Waals surface area contributed by atoms with E-state index in [-0.39, 0.29) is 11.8 Å². The van der Waals surface area contributed by atoms with Gasteiger partial charge in [-0.25, -0.2) is 0 Å². The van der Waals surface area contributed by atoms with Crippen LogP contribution in [0.2, 0.25) is 0 Å². The van der Waals surface area contributed by atoms with Crippen molar-refractivity contribution in [2.75, 3.05) is 0 Å². The van der Waals surface area contributed by atoms with E-state index in [4.69, 9.17) is 4.74 Å². The molecule has 9 heteroatoms. The summed E-state index contributed by atoms with van der Waals surface area (Å²) in [4.78, 5) is -0.740. The van der Waals surface area contributed by atoms with Crippen LogP contribution in [0.1, 0.15) is 4.88 Å². The lowest BCUT2D eigenvalue weighted by Gasteiger charge is -2.04. The van der Waals surface area contributed by atoms with Gasteiger partial charge in [-0.1, -0.05) is 23.3 Å². The molecule has 0 N–H and O–H groups in total. The molecule has 0 aliphatic rings. The Morgan fingerprint density at radius 2 is 1.90 bits per heavy atom. The molecule has 0 saturated heterocycles. The number of rotatable bonds is 3. The predicted molar refractivity (Wildman–Crippen MR) is 68.5 cm³/mol. The molecule has 0 aliphatic heterocycles. The Morgan fingerprint density at radius 3 is 2.57 bits per heavy atom. The topological polar surface area (TPSA) is 52.8 Å². The summed E-state index contributed by atoms with van der Waals surface area (Å²) in [6.45, 7) is 0. The van der Waals surface area contributed by atoms with Gasteiger partial charge in [0.15, 0.2) is 0 Å². The van der Waals surface area contributed by atoms with Crippen LogP contribution in [0, 0.1) is 0 Å². The first-order chi connectivity index (χ1) is 10.0. The molecule has 1 aromatic carbocycles. The lowest BCUT2D eigenvalue weighted by Crippen LogP contribution is -2.01. The fourth-order valence-corrected chi connectivity index (χ4v) is 2.28. The molecule has 5 nitrogen and oxygen atoms in total. The van der Waals surface area contributed by atoms with Gasteiger partial charge in [-0.05, 0) is 22.6 Å². The van der Waals surface area contributed by atoms with Gasteiger partial charge >= 0.3 is 12.2 Å². The molecule has 108 valence electrons. The van der Waals surface area contributed by atoms with Gasteiger partial charge in [0.25, 0.3) is 0 Å². The normalized spacial score (nSPS) is 11.6. The number of benzene rings is 1. The second kappa shape index (κ2) is 5.17. The summed E-state index contributed by atoms with van der Waals surface area (Å²) >= 11 is 0.552. The summed E-state index contributed by atoms with van der Waals surface area (Å²) in [5.41, 5.74) is 0.642. The Balaban J connectivity index is 1.87. The second-order valence-corrected chi connectivity index (χ2v) is 4.87. The molecule has 2 aromatic heterocycles. The number of hydrogen-bond donors (Lipinski definition) is 0. The number of tetrazole rings is 1. The SMILES string of the molecule is FC(F)(F)c1cc(Oc2nnnn2-c2ccccc2)cs1. The quantitative estimate of drug-likeness (QED) is 0.742. The van der Waals surface area contributed by atoms with Crippen molar-refractivity contribution in [2.24, 2.45) is 0 Å². The third kappa shape index (κ3) is 2.87. The Bertz CT molecular complexity index is 738. The van der Waals surface area contributed by atoms with Crippen LogP contribution in [-0.4, -0.2) is 20.2 Å². The molecule has 2 heterocycles. The van der Waals surface area contributed by atoms with Crippen molar-refractivity contribution >= 4 is 11.3 Å². The summed E-state index contributed by atoms with van der Waals surface area (Å²) in [6.07, 6.45) is -4.39. The Kier molecular flexibility index (Phi) is 3.34. The van der Waals surface area contributed by atoms with Crippen molar-refractivity contribution in [2.45, 2.75) is 6.18 Å². The lowest BCUT2D eigenvalue weighted by molar-refractivity contribution is -0.134. The predicted octanol–water partition coefficient (Wildman–Crippen LogP) is 3.53. The van der Waals surface area contributed by atoms with Crippen LogP contribution in [0.25, 0.3) is 5.69 Å². The Hall–Kier alpha value is -2.42. The first-order valence-electron chi connectivity index (χ1n) is 5.71. The maximum Gasteiger partial charge on any atom is 0.425 e. The molecule has 0 unspecified atom stereocenters. The van der Waals surface area contributed by atoms with Crippen LogP contribution in [-0.2, 0) is 6.18 Å². The largest absolute Gasteiger partial charge is 0.425 e. The van der Waals surface area contributed by atoms with E-state index >= 15 is 0 Å². The molecule has 3 rings (SSSR count). The number of halogens is 3. The van der Waals surface area contributed by atoms with Crippen LogP contribution >= 0.6 is 11.3 Å². The summed E-state index contributed by atoms with van der Waals surface area (Å²) in [5.74, 6) is 0.0410. The Labute approximate surface area is 120 Å². The van der Waals surface area contributed by atoms with Gasteiger partial charge in [0.05, 0.1) is 5.69 Å². The van der Waals surface area contributed by atoms with E-state index in [1.165, 1.54) is 10.1 Å². The van der Waals surface area contributed by atoms with Crippen LogP contribution in [0.15, 0.2) is 41.8 Å². The summed E-state index contributed by atoms with van der Waals surface area (Å²) in [6, 6.07) is 9.79. The highest BCUT2D eigenvalue weighted by Gasteiger charge is 2.33. The van der Waals surface area contributed by atoms with Gasteiger partial charge in [-0.2, -0.15) is 17.9 Å². The molecular formula is C12H7F3N4OS. The van der Waals surface area contributed by atoms with Crippen LogP contribution in [0.5, 0.6) is 11.8 Å². The molecule has 3 aromatic rings. The van der Waals surface area contributed by atoms with E-state index in [0.717, 1.165) is 6.07 Å². The number of aromatic nitrogens is 4. The minimum absolute atomic E-state index is 0.00674. The number of ether oxygens (including phenoxy) is 1. The van der Waals surface area contributed by atoms with Gasteiger partial charge in [0.2, 0.25) is 0 Å². The minimum Gasteiger partial charge on any atom is -0.422 e. The van der Waals surface area contributed by atoms with E-state index in [1.54, 1.807) is 24.3 Å². The highest BCUT2D eigenvalue weighted by atomic mass is 32.1. The molecule has 0 saturated carbocycles. The minimum atomic E-state index is -4.39. The van der Waals surface area contributed by atoms with Gasteiger partial charge in [-0.15, -0.1) is 11.3 Å². The number of para-hydroxylation sites is 1. The molecule has 0 spiro atoms. The maximum atomic E-state index is 12.5. The fraction of sp³-hybridized carbons (Fsp3) is 0.0833. The maximum absolute atomic E-state index is 12.5. The molecule has 0 atom stereocenters. The zero-order valence-electron chi connectivity index (χ0n) is 10.3. The van der Waals surface area contributed by atoms with Crippen molar-refractivity contribution in [1.82, 2.24) is 20.2 Å². The van der Waals surface area contributed by atoms with Crippen LogP contribution < -0.4 is 4.74 Å². The first kappa shape index (κ1) is 13.6. The number of alkyl halides is 3. The average Bonchev–Trinajstić information content (AvgIpc) is 3.09. The third-order valence-corrected chi connectivity index (χ3v) is 3.46. The molecule has 0 aliphatic carbocycles. The summed E-state index contributed by atoms with van der Waals surface area (Å²) in [7, 11) is 0. The summed E-state index contributed by atoms with van der Waals surface area (Å²) < 4.78 is 44.2. The van der Waals surface area contributed by atoms with E-state index in [9.17, 15) is 13.2 Å². The second-order valence-electron chi connectivity index (χ2n) is 3.96. The summed E-state index contributed by atoms with van der Waals surface area (Å²) in [5, 5.41) is 12.1. The van der Waals surface area contributed by atoms with Gasteiger partial charge < -0.3 is 4.74 Å². The number of hydrogen-bond acceptors (Lipinski definition) is 5. The first-order valence-corrected chi connectivity index (χ1v) is 6.59. The fourth-order valence-electron chi connectivity index (χ4n) is 1.60. The van der Waals surface area contributed by atoms with Crippen molar-refractivity contribution in [3.8, 4) is 17.4 Å². The van der Waals surface area contributed by atoms with E-state index < -0.39 is 11.1 Å². The molecule has 0 fully saturated rings. The monoisotopic (exact) mass is 312 g/mol. The van der Waals surface area contributed by atoms with Crippen LogP contribution in [0.3, 0.4) is 0 Å². The lowest BCUT2D eigenvalue weighted by atomic mass is 10.3. The zero-order chi connectivity index (χ0) is 14.9. The standard InChI is InChI=1S/C12H7F3N4OS/c13-12(14,15)10-6-9(7-21-10)20-11-16-17-18-19(11)8-4-2-1-3-5-8/h1-7H. The molecule has 0 bridgehead atoms. The smallest absolute Gasteiger partial charge is 0.422 e. The highest BCUT2D eigenvalue weighted by Crippen LogP contribution is 2.37. The Morgan fingerprint density at radius 1 is 1.14 bits per heavy atom. The van der Waals surface area contributed by atoms with Gasteiger partial charge in [-0.3, -0.25) is 0 Å². The van der Waals surface area contributed by atoms with E-state index in [0.29, 0.717) is 17.0 Å². The third-order valence-electron chi connectivity index (χ3n) is 2.51. The van der Waals surface area contributed by atoms with Gasteiger partial charge in [0.1, 0.15) is 10.6 Å². The molecule has 0 amide bonds. The van der Waals surface area contributed by atoms with Crippen LogP contribution in [0.4, 0.5) is 13.2 Å². The van der Waals surface area contributed by atoms with Crippen molar-refractivity contribution in [3.05, 3.63) is 46.7 Å². The molecule has 21 heavy (non-hydrogen) atoms. The van der Waals surface area contributed by atoms with Crippen molar-refractivity contribution in [1.29, 1.82) is 0 Å². The number of thiophene rings is 1. The van der Waals surface area contributed by atoms with E-state index in [1.807, 2.05) is 6.07 Å². The average molecular weight is 312 g/mol. The van der Waals surface area contributed by atoms with Crippen molar-refractivity contribution in [3.63, 3.8) is 0 Å². The molecule has 0 radical (unpaired) electrons. The van der Waals surface area contributed by atoms with E-state index in [2.05, 4.69) is 15.5 Å².